The number of hydrogen-bond donors (Lipinski definition) is 1. The van der Waals surface area contributed by atoms with E-state index >= 15 is 0 Å². The number of benzene rings is 1. The van der Waals surface area contributed by atoms with E-state index in [2.05, 4.69) is 34.1 Å². The van der Waals surface area contributed by atoms with Gasteiger partial charge < -0.3 is 9.88 Å². The Labute approximate surface area is 119 Å². The number of para-hydroxylation sites is 1. The van der Waals surface area contributed by atoms with Gasteiger partial charge in [-0.25, -0.2) is 0 Å². The third-order valence-corrected chi connectivity index (χ3v) is 4.17. The molecule has 1 aliphatic rings. The lowest BCUT2D eigenvalue weighted by Gasteiger charge is -2.18. The molecule has 1 aliphatic heterocycles. The van der Waals surface area contributed by atoms with Gasteiger partial charge in [0.15, 0.2) is 0 Å². The maximum absolute atomic E-state index is 6.30. The highest BCUT2D eigenvalue weighted by molar-refractivity contribution is 6.35. The number of aromatic nitrogens is 1. The van der Waals surface area contributed by atoms with Gasteiger partial charge in [-0.15, -0.1) is 0 Å². The van der Waals surface area contributed by atoms with Crippen molar-refractivity contribution < 1.29 is 0 Å². The lowest BCUT2D eigenvalue weighted by atomic mass is 10.1. The van der Waals surface area contributed by atoms with E-state index < -0.39 is 0 Å². The summed E-state index contributed by atoms with van der Waals surface area (Å²) in [5.74, 6) is 0. The summed E-state index contributed by atoms with van der Waals surface area (Å²) in [5.41, 5.74) is 2.52. The molecule has 0 unspecified atom stereocenters. The standard InChI is InChI=1S/C15H20ClN3/c1-18-10-12(11-19-8-3-6-17-7-9-19)13-4-2-5-14(16)15(13)18/h2,4-5,10,17H,3,6-9,11H2,1H3. The second kappa shape index (κ2) is 5.53. The van der Waals surface area contributed by atoms with Crippen LogP contribution in [0, 0.1) is 0 Å². The van der Waals surface area contributed by atoms with Gasteiger partial charge in [-0.3, -0.25) is 4.90 Å². The highest BCUT2D eigenvalue weighted by Crippen LogP contribution is 2.28. The lowest BCUT2D eigenvalue weighted by Crippen LogP contribution is -2.27. The molecule has 2 heterocycles. The van der Waals surface area contributed by atoms with Crippen LogP contribution in [0.2, 0.25) is 5.02 Å². The van der Waals surface area contributed by atoms with Gasteiger partial charge in [0.25, 0.3) is 0 Å². The molecule has 3 nitrogen and oxygen atoms in total. The van der Waals surface area contributed by atoms with Crippen molar-refractivity contribution in [3.05, 3.63) is 35.0 Å². The molecule has 1 N–H and O–H groups in total. The first kappa shape index (κ1) is 13.0. The molecule has 1 aromatic carbocycles. The first-order chi connectivity index (χ1) is 9.25. The summed E-state index contributed by atoms with van der Waals surface area (Å²) in [4.78, 5) is 2.52. The van der Waals surface area contributed by atoms with Crippen molar-refractivity contribution in [2.75, 3.05) is 26.2 Å². The Bertz CT molecular complexity index is 568. The monoisotopic (exact) mass is 277 g/mol. The van der Waals surface area contributed by atoms with Gasteiger partial charge >= 0.3 is 0 Å². The lowest BCUT2D eigenvalue weighted by molar-refractivity contribution is 0.285. The summed E-state index contributed by atoms with van der Waals surface area (Å²) in [6.07, 6.45) is 3.44. The van der Waals surface area contributed by atoms with E-state index in [1.165, 1.54) is 23.9 Å². The maximum Gasteiger partial charge on any atom is 0.0670 e. The molecule has 0 bridgehead atoms. The molecule has 0 aliphatic carbocycles. The normalized spacial score (nSPS) is 17.8. The van der Waals surface area contributed by atoms with Crippen LogP contribution in [-0.2, 0) is 13.6 Å². The zero-order valence-corrected chi connectivity index (χ0v) is 12.1. The van der Waals surface area contributed by atoms with Gasteiger partial charge in [-0.1, -0.05) is 23.7 Å². The van der Waals surface area contributed by atoms with Crippen LogP contribution in [-0.4, -0.2) is 35.6 Å². The van der Waals surface area contributed by atoms with Gasteiger partial charge in [0.2, 0.25) is 0 Å². The van der Waals surface area contributed by atoms with Crippen LogP contribution in [0.25, 0.3) is 10.9 Å². The number of nitrogens with zero attached hydrogens (tertiary/aromatic N) is 2. The molecular formula is C15H20ClN3. The van der Waals surface area contributed by atoms with Gasteiger partial charge in [0, 0.05) is 38.3 Å². The zero-order valence-electron chi connectivity index (χ0n) is 11.3. The molecule has 19 heavy (non-hydrogen) atoms. The smallest absolute Gasteiger partial charge is 0.0670 e. The van der Waals surface area contributed by atoms with Crippen molar-refractivity contribution in [3.63, 3.8) is 0 Å². The fourth-order valence-electron chi connectivity index (χ4n) is 2.93. The second-order valence-corrected chi connectivity index (χ2v) is 5.69. The third-order valence-electron chi connectivity index (χ3n) is 3.86. The number of aryl methyl sites for hydroxylation is 1. The van der Waals surface area contributed by atoms with E-state index in [0.29, 0.717) is 0 Å². The predicted octanol–water partition coefficient (Wildman–Crippen LogP) is 2.63. The van der Waals surface area contributed by atoms with Crippen LogP contribution >= 0.6 is 11.6 Å². The largest absolute Gasteiger partial charge is 0.349 e. The van der Waals surface area contributed by atoms with Crippen LogP contribution in [0.4, 0.5) is 0 Å². The molecule has 0 spiro atoms. The summed E-state index contributed by atoms with van der Waals surface area (Å²) in [7, 11) is 2.07. The summed E-state index contributed by atoms with van der Waals surface area (Å²) >= 11 is 6.30. The van der Waals surface area contributed by atoms with Crippen LogP contribution < -0.4 is 5.32 Å². The van der Waals surface area contributed by atoms with E-state index in [1.807, 2.05) is 12.1 Å². The summed E-state index contributed by atoms with van der Waals surface area (Å²) in [6, 6.07) is 6.17. The number of halogens is 1. The molecule has 4 heteroatoms. The average Bonchev–Trinajstić information content (AvgIpc) is 2.58. The molecule has 1 aromatic heterocycles. The molecule has 2 aromatic rings. The number of hydrogen-bond acceptors (Lipinski definition) is 2. The molecule has 102 valence electrons. The average molecular weight is 278 g/mol. The Morgan fingerprint density at radius 3 is 3.05 bits per heavy atom. The van der Waals surface area contributed by atoms with Crippen LogP contribution in [0.3, 0.4) is 0 Å². The Morgan fingerprint density at radius 1 is 1.26 bits per heavy atom. The molecule has 0 amide bonds. The van der Waals surface area contributed by atoms with Gasteiger partial charge in [0.05, 0.1) is 10.5 Å². The number of fused-ring (bicyclic) bond motifs is 1. The Balaban J connectivity index is 1.90. The third kappa shape index (κ3) is 2.64. The topological polar surface area (TPSA) is 20.2 Å². The first-order valence-corrected chi connectivity index (χ1v) is 7.29. The van der Waals surface area contributed by atoms with Gasteiger partial charge in [-0.2, -0.15) is 0 Å². The number of rotatable bonds is 2. The van der Waals surface area contributed by atoms with Crippen LogP contribution in [0.15, 0.2) is 24.4 Å². The minimum absolute atomic E-state index is 0.837. The van der Waals surface area contributed by atoms with Crippen LogP contribution in [0.1, 0.15) is 12.0 Å². The second-order valence-electron chi connectivity index (χ2n) is 5.28. The van der Waals surface area contributed by atoms with Crippen molar-refractivity contribution in [2.24, 2.45) is 7.05 Å². The summed E-state index contributed by atoms with van der Waals surface area (Å²) in [6.45, 7) is 5.53. The Morgan fingerprint density at radius 2 is 2.16 bits per heavy atom. The maximum atomic E-state index is 6.30. The van der Waals surface area contributed by atoms with Crippen molar-refractivity contribution in [1.82, 2.24) is 14.8 Å². The summed E-state index contributed by atoms with van der Waals surface area (Å²) < 4.78 is 2.14. The van der Waals surface area contributed by atoms with E-state index in [0.717, 1.165) is 36.7 Å². The van der Waals surface area contributed by atoms with Crippen molar-refractivity contribution in [1.29, 1.82) is 0 Å². The SMILES string of the molecule is Cn1cc(CN2CCCNCC2)c2cccc(Cl)c21. The summed E-state index contributed by atoms with van der Waals surface area (Å²) in [5, 5.41) is 5.57. The van der Waals surface area contributed by atoms with E-state index in [9.17, 15) is 0 Å². The van der Waals surface area contributed by atoms with E-state index in [1.54, 1.807) is 0 Å². The fourth-order valence-corrected chi connectivity index (χ4v) is 3.24. The molecule has 1 saturated heterocycles. The molecule has 0 atom stereocenters. The minimum Gasteiger partial charge on any atom is -0.349 e. The van der Waals surface area contributed by atoms with Crippen molar-refractivity contribution in [2.45, 2.75) is 13.0 Å². The van der Waals surface area contributed by atoms with E-state index in [-0.39, 0.29) is 0 Å². The van der Waals surface area contributed by atoms with E-state index in [4.69, 9.17) is 11.6 Å². The quantitative estimate of drug-likeness (QED) is 0.911. The van der Waals surface area contributed by atoms with Gasteiger partial charge in [-0.05, 0) is 31.1 Å². The first-order valence-electron chi connectivity index (χ1n) is 6.91. The molecular weight excluding hydrogens is 258 g/mol. The fraction of sp³-hybridized carbons (Fsp3) is 0.467. The van der Waals surface area contributed by atoms with Crippen molar-refractivity contribution in [3.8, 4) is 0 Å². The van der Waals surface area contributed by atoms with Gasteiger partial charge in [0.1, 0.15) is 0 Å². The molecule has 1 fully saturated rings. The zero-order chi connectivity index (χ0) is 13.2. The minimum atomic E-state index is 0.837. The molecule has 0 saturated carbocycles. The molecule has 3 rings (SSSR count). The van der Waals surface area contributed by atoms with Crippen LogP contribution in [0.5, 0.6) is 0 Å². The Hall–Kier alpha value is -1.03. The highest BCUT2D eigenvalue weighted by atomic mass is 35.5. The highest BCUT2D eigenvalue weighted by Gasteiger charge is 2.14. The molecule has 0 radical (unpaired) electrons. The van der Waals surface area contributed by atoms with Crippen molar-refractivity contribution >= 4 is 22.5 Å². The Kier molecular flexibility index (Phi) is 3.78. The predicted molar refractivity (Wildman–Crippen MR) is 80.7 cm³/mol. The number of nitrogens with one attached hydrogen (secondary N) is 1.